The number of fused-ring (bicyclic) bond motifs is 1. The van der Waals surface area contributed by atoms with E-state index in [4.69, 9.17) is 11.6 Å². The molecule has 2 aromatic rings. The monoisotopic (exact) mass is 240 g/mol. The highest BCUT2D eigenvalue weighted by atomic mass is 35.5. The van der Waals surface area contributed by atoms with Gasteiger partial charge in [-0.3, -0.25) is 9.48 Å². The van der Waals surface area contributed by atoms with E-state index in [0.29, 0.717) is 12.1 Å². The number of hydrogen-bond acceptors (Lipinski definition) is 4. The van der Waals surface area contributed by atoms with Crippen molar-refractivity contribution >= 4 is 22.5 Å². The molecule has 0 saturated heterocycles. The minimum Gasteiger partial charge on any atom is -0.504 e. The minimum absolute atomic E-state index is 0.149. The SMILES string of the molecule is CCn1ncc(=O)c2c(Cl)c(O)c(O)cc21. The van der Waals surface area contributed by atoms with Crippen molar-refractivity contribution in [2.45, 2.75) is 13.5 Å². The third-order valence-electron chi connectivity index (χ3n) is 2.34. The second-order valence-corrected chi connectivity index (χ2v) is 3.65. The average Bonchev–Trinajstić information content (AvgIpc) is 2.26. The lowest BCUT2D eigenvalue weighted by molar-refractivity contribution is 0.404. The van der Waals surface area contributed by atoms with Crippen molar-refractivity contribution in [3.05, 3.63) is 27.5 Å². The molecule has 0 radical (unpaired) electrons. The Bertz CT molecular complexity index is 621. The molecule has 0 aliphatic heterocycles. The molecule has 2 rings (SSSR count). The first kappa shape index (κ1) is 10.8. The number of nitrogens with zero attached hydrogens (tertiary/aromatic N) is 2. The molecule has 0 saturated carbocycles. The zero-order valence-electron chi connectivity index (χ0n) is 8.44. The number of phenolic OH excluding ortho intramolecular Hbond substituents is 2. The van der Waals surface area contributed by atoms with Crippen molar-refractivity contribution in [3.8, 4) is 11.5 Å². The number of aryl methyl sites for hydroxylation is 1. The Morgan fingerprint density at radius 3 is 2.81 bits per heavy atom. The van der Waals surface area contributed by atoms with Crippen LogP contribution in [0.25, 0.3) is 10.9 Å². The van der Waals surface area contributed by atoms with Gasteiger partial charge in [0.25, 0.3) is 0 Å². The third-order valence-corrected chi connectivity index (χ3v) is 2.71. The van der Waals surface area contributed by atoms with Crippen molar-refractivity contribution in [3.63, 3.8) is 0 Å². The summed E-state index contributed by atoms with van der Waals surface area (Å²) in [5, 5.41) is 22.8. The summed E-state index contributed by atoms with van der Waals surface area (Å²) in [5.41, 5.74) is 0.00954. The topological polar surface area (TPSA) is 75.4 Å². The van der Waals surface area contributed by atoms with Crippen LogP contribution in [0.4, 0.5) is 0 Å². The summed E-state index contributed by atoms with van der Waals surface area (Å²) in [5.74, 6) is -0.854. The fourth-order valence-electron chi connectivity index (χ4n) is 1.55. The van der Waals surface area contributed by atoms with E-state index in [1.807, 2.05) is 6.92 Å². The second-order valence-electron chi connectivity index (χ2n) is 3.28. The Labute approximate surface area is 95.5 Å². The zero-order valence-corrected chi connectivity index (χ0v) is 9.19. The molecule has 84 valence electrons. The van der Waals surface area contributed by atoms with Crippen molar-refractivity contribution < 1.29 is 10.2 Å². The van der Waals surface area contributed by atoms with Gasteiger partial charge in [-0.05, 0) is 6.92 Å². The van der Waals surface area contributed by atoms with Gasteiger partial charge in [-0.25, -0.2) is 0 Å². The van der Waals surface area contributed by atoms with Gasteiger partial charge in [0.1, 0.15) is 0 Å². The molecule has 0 unspecified atom stereocenters. The van der Waals surface area contributed by atoms with E-state index in [1.54, 1.807) is 0 Å². The molecule has 16 heavy (non-hydrogen) atoms. The number of phenols is 2. The van der Waals surface area contributed by atoms with E-state index in [9.17, 15) is 15.0 Å². The van der Waals surface area contributed by atoms with E-state index in [-0.39, 0.29) is 21.6 Å². The third kappa shape index (κ3) is 1.40. The van der Waals surface area contributed by atoms with Crippen LogP contribution in [0, 0.1) is 0 Å². The maximum Gasteiger partial charge on any atom is 0.209 e. The van der Waals surface area contributed by atoms with Gasteiger partial charge in [0.05, 0.1) is 22.1 Å². The maximum atomic E-state index is 11.6. The molecule has 1 aromatic heterocycles. The number of rotatable bonds is 1. The molecular weight excluding hydrogens is 232 g/mol. The number of aromatic hydroxyl groups is 2. The normalized spacial score (nSPS) is 10.9. The second kappa shape index (κ2) is 3.68. The molecule has 0 bridgehead atoms. The summed E-state index contributed by atoms with van der Waals surface area (Å²) in [6.07, 6.45) is 1.13. The highest BCUT2D eigenvalue weighted by Gasteiger charge is 2.15. The standard InChI is InChI=1S/C10H9ClN2O3/c1-2-13-5-3-6(14)10(16)9(11)8(5)7(15)4-12-13/h3-4,14,16H,2H2,1H3. The van der Waals surface area contributed by atoms with Gasteiger partial charge in [-0.15, -0.1) is 0 Å². The van der Waals surface area contributed by atoms with Gasteiger partial charge >= 0.3 is 0 Å². The molecule has 0 fully saturated rings. The molecular formula is C10H9ClN2O3. The Hall–Kier alpha value is -1.75. The molecule has 0 aliphatic rings. The van der Waals surface area contributed by atoms with Crippen LogP contribution in [0.3, 0.4) is 0 Å². The Kier molecular flexibility index (Phi) is 2.47. The molecule has 2 N–H and O–H groups in total. The lowest BCUT2D eigenvalue weighted by atomic mass is 10.2. The summed E-state index contributed by atoms with van der Waals surface area (Å²) < 4.78 is 1.52. The van der Waals surface area contributed by atoms with E-state index in [1.165, 1.54) is 10.7 Å². The Morgan fingerprint density at radius 1 is 1.50 bits per heavy atom. The molecule has 0 atom stereocenters. The van der Waals surface area contributed by atoms with Gasteiger partial charge in [0.2, 0.25) is 5.43 Å². The predicted molar refractivity (Wildman–Crippen MR) is 60.0 cm³/mol. The molecule has 1 aromatic carbocycles. The fourth-order valence-corrected chi connectivity index (χ4v) is 1.84. The van der Waals surface area contributed by atoms with Crippen LogP contribution in [0.1, 0.15) is 6.92 Å². The first-order valence-corrected chi connectivity index (χ1v) is 5.04. The van der Waals surface area contributed by atoms with Crippen molar-refractivity contribution in [1.82, 2.24) is 9.78 Å². The van der Waals surface area contributed by atoms with Gasteiger partial charge in [-0.1, -0.05) is 11.6 Å². The van der Waals surface area contributed by atoms with Crippen LogP contribution < -0.4 is 5.43 Å². The molecule has 5 nitrogen and oxygen atoms in total. The molecule has 6 heteroatoms. The Balaban J connectivity index is 3.05. The minimum atomic E-state index is -0.486. The first-order valence-electron chi connectivity index (χ1n) is 4.66. The summed E-state index contributed by atoms with van der Waals surface area (Å²) in [7, 11) is 0. The number of halogens is 1. The summed E-state index contributed by atoms with van der Waals surface area (Å²) in [4.78, 5) is 11.6. The largest absolute Gasteiger partial charge is 0.504 e. The van der Waals surface area contributed by atoms with Crippen LogP contribution in [0.15, 0.2) is 17.1 Å². The van der Waals surface area contributed by atoms with Crippen LogP contribution in [0.5, 0.6) is 11.5 Å². The molecule has 0 aliphatic carbocycles. The van der Waals surface area contributed by atoms with E-state index in [0.717, 1.165) is 6.20 Å². The first-order chi connectivity index (χ1) is 7.56. The van der Waals surface area contributed by atoms with E-state index < -0.39 is 5.75 Å². The predicted octanol–water partition coefficient (Wildman–Crippen LogP) is 1.48. The van der Waals surface area contributed by atoms with Crippen LogP contribution in [-0.4, -0.2) is 20.0 Å². The quantitative estimate of drug-likeness (QED) is 0.741. The highest BCUT2D eigenvalue weighted by molar-refractivity contribution is 6.37. The molecule has 0 spiro atoms. The van der Waals surface area contributed by atoms with Crippen LogP contribution in [-0.2, 0) is 6.54 Å². The zero-order chi connectivity index (χ0) is 11.9. The van der Waals surface area contributed by atoms with Crippen LogP contribution >= 0.6 is 11.6 Å². The van der Waals surface area contributed by atoms with Gasteiger partial charge in [-0.2, -0.15) is 5.10 Å². The lowest BCUT2D eigenvalue weighted by Gasteiger charge is -2.09. The smallest absolute Gasteiger partial charge is 0.209 e. The average molecular weight is 241 g/mol. The maximum absolute atomic E-state index is 11.6. The van der Waals surface area contributed by atoms with Crippen molar-refractivity contribution in [2.24, 2.45) is 0 Å². The highest BCUT2D eigenvalue weighted by Crippen LogP contribution is 2.37. The summed E-state index contributed by atoms with van der Waals surface area (Å²) in [6.45, 7) is 2.37. The number of hydrogen-bond donors (Lipinski definition) is 2. The van der Waals surface area contributed by atoms with Crippen LogP contribution in [0.2, 0.25) is 5.02 Å². The van der Waals surface area contributed by atoms with Gasteiger partial charge < -0.3 is 10.2 Å². The summed E-state index contributed by atoms with van der Waals surface area (Å²) in [6, 6.07) is 1.27. The van der Waals surface area contributed by atoms with Crippen molar-refractivity contribution in [1.29, 1.82) is 0 Å². The van der Waals surface area contributed by atoms with E-state index >= 15 is 0 Å². The number of aromatic nitrogens is 2. The van der Waals surface area contributed by atoms with Gasteiger partial charge in [0.15, 0.2) is 11.5 Å². The molecule has 0 amide bonds. The summed E-state index contributed by atoms with van der Waals surface area (Å²) >= 11 is 5.81. The van der Waals surface area contributed by atoms with Gasteiger partial charge in [0, 0.05) is 12.6 Å². The fraction of sp³-hybridized carbons (Fsp3) is 0.200. The number of benzene rings is 1. The lowest BCUT2D eigenvalue weighted by Crippen LogP contribution is -2.11. The Morgan fingerprint density at radius 2 is 2.19 bits per heavy atom. The van der Waals surface area contributed by atoms with E-state index in [2.05, 4.69) is 5.10 Å². The molecule has 1 heterocycles. The van der Waals surface area contributed by atoms with Crippen molar-refractivity contribution in [2.75, 3.05) is 0 Å².